The normalized spacial score (nSPS) is 11.9. The van der Waals surface area contributed by atoms with Crippen molar-refractivity contribution in [3.63, 3.8) is 0 Å². The molecule has 0 aromatic heterocycles. The molecule has 5 amide bonds. The molecule has 1 unspecified atom stereocenters. The Morgan fingerprint density at radius 1 is 0.621 bits per heavy atom. The highest BCUT2D eigenvalue weighted by Crippen LogP contribution is 2.30. The van der Waals surface area contributed by atoms with E-state index in [2.05, 4.69) is 29.1 Å². The number of carbonyl (C=O) groups is 8. The van der Waals surface area contributed by atoms with Gasteiger partial charge in [-0.3, -0.25) is 19.2 Å². The molecule has 19 nitrogen and oxygen atoms in total. The molecule has 0 bridgehead atoms. The lowest BCUT2D eigenvalue weighted by Crippen LogP contribution is -2.43. The summed E-state index contributed by atoms with van der Waals surface area (Å²) in [6, 6.07) is 6.13. The molecule has 1 aromatic rings. The number of alkyl carbamates (subject to hydrolysis) is 3. The Morgan fingerprint density at radius 2 is 1.06 bits per heavy atom. The Balaban J connectivity index is 2.55. The third kappa shape index (κ3) is 22.2. The van der Waals surface area contributed by atoms with Gasteiger partial charge >= 0.3 is 36.2 Å². The van der Waals surface area contributed by atoms with Crippen LogP contribution in [0, 0.1) is 5.92 Å². The van der Waals surface area contributed by atoms with Gasteiger partial charge in [0.2, 0.25) is 11.8 Å². The summed E-state index contributed by atoms with van der Waals surface area (Å²) in [5, 5.41) is 7.92. The first-order valence-corrected chi connectivity index (χ1v) is 22.4. The second-order valence-electron chi connectivity index (χ2n) is 16.3. The van der Waals surface area contributed by atoms with Crippen LogP contribution < -0.4 is 16.0 Å². The van der Waals surface area contributed by atoms with Crippen LogP contribution in [0.4, 0.5) is 14.4 Å². The molecule has 0 aliphatic rings. The number of ether oxygens (including phenoxy) is 6. The van der Waals surface area contributed by atoms with Crippen molar-refractivity contribution in [1.29, 1.82) is 0 Å². The molecule has 66 heavy (non-hydrogen) atoms. The molecule has 3 N–H and O–H groups in total. The van der Waals surface area contributed by atoms with Gasteiger partial charge in [-0.25, -0.2) is 19.2 Å². The minimum atomic E-state index is -1.03. The molecular weight excluding hydrogens is 859 g/mol. The van der Waals surface area contributed by atoms with Crippen LogP contribution in [0.5, 0.6) is 0 Å². The fourth-order valence-corrected chi connectivity index (χ4v) is 6.58. The first-order valence-electron chi connectivity index (χ1n) is 22.4. The van der Waals surface area contributed by atoms with Crippen LogP contribution in [0.15, 0.2) is 49.6 Å². The molecule has 0 aliphatic carbocycles. The van der Waals surface area contributed by atoms with Gasteiger partial charge in [0.15, 0.2) is 0 Å². The molecule has 0 heterocycles. The quantitative estimate of drug-likeness (QED) is 0.0346. The van der Waals surface area contributed by atoms with Gasteiger partial charge in [0.1, 0.15) is 30.5 Å². The van der Waals surface area contributed by atoms with E-state index in [4.69, 9.17) is 28.4 Å². The number of rotatable bonds is 31. The van der Waals surface area contributed by atoms with E-state index in [1.165, 1.54) is 36.2 Å². The topological polar surface area (TPSA) is 235 Å². The third-order valence-electron chi connectivity index (χ3n) is 10.3. The number of hydrogen-bond donors (Lipinski definition) is 3. The molecule has 0 aliphatic heterocycles. The fraction of sp³-hybridized carbons (Fsp3) is 0.617. The zero-order valence-electron chi connectivity index (χ0n) is 40.2. The highest BCUT2D eigenvalue weighted by molar-refractivity contribution is 5.87. The summed E-state index contributed by atoms with van der Waals surface area (Å²) >= 11 is 0. The molecule has 2 atom stereocenters. The third-order valence-corrected chi connectivity index (χ3v) is 10.3. The van der Waals surface area contributed by atoms with Crippen LogP contribution >= 0.6 is 0 Å². The Morgan fingerprint density at radius 3 is 1.48 bits per heavy atom. The summed E-state index contributed by atoms with van der Waals surface area (Å²) in [6.07, 6.45) is 4.00. The van der Waals surface area contributed by atoms with Crippen LogP contribution in [0.2, 0.25) is 0 Å². The molecule has 1 aromatic carbocycles. The van der Waals surface area contributed by atoms with Crippen molar-refractivity contribution in [3.8, 4) is 0 Å². The van der Waals surface area contributed by atoms with Crippen molar-refractivity contribution >= 4 is 48.0 Å². The predicted octanol–water partition coefficient (Wildman–Crippen LogP) is 5.79. The number of methoxy groups -OCH3 is 2. The maximum Gasteiger partial charge on any atom is 0.408 e. The Hall–Kier alpha value is -6.14. The van der Waals surface area contributed by atoms with Crippen molar-refractivity contribution in [2.75, 3.05) is 66.7 Å². The van der Waals surface area contributed by atoms with Crippen LogP contribution in [0.25, 0.3) is 0 Å². The average Bonchev–Trinajstić information content (AvgIpc) is 3.28. The van der Waals surface area contributed by atoms with Gasteiger partial charge in [0.05, 0.1) is 39.6 Å². The van der Waals surface area contributed by atoms with Gasteiger partial charge in [-0.1, -0.05) is 57.7 Å². The minimum Gasteiger partial charge on any atom is -0.469 e. The molecule has 0 saturated heterocycles. The first kappa shape index (κ1) is 57.9. The molecule has 0 spiro atoms. The van der Waals surface area contributed by atoms with E-state index in [-0.39, 0.29) is 64.0 Å². The molecular formula is C47H73N5O14. The summed E-state index contributed by atoms with van der Waals surface area (Å²) in [7, 11) is 2.45. The molecule has 1 rings (SSSR count). The second-order valence-corrected chi connectivity index (χ2v) is 16.3. The average molecular weight is 932 g/mol. The standard InChI is InChI=1S/C47H73N5O14/c1-11-27-51(38(53)13-3)29-31-63-40(55)33-34(41(56)61-9)19-15-17-25-48-43(58)65-46(5,6)35-21-23-36(24-22-35)47(7,8)66-44(59)49-26-18-16-20-37(42(57)62-10)50-45(60)64-32-30-52(28-12-2)39(54)14-4/h13-14,21-24,34,37H,3-4,11-12,15-20,25-33H2,1-2,5-10H3,(H,48,58)(H,49,59)(H,50,60)/t34?,37-/m0/s1. The zero-order chi connectivity index (χ0) is 49.7. The Kier molecular flexibility index (Phi) is 27.1. The molecule has 0 radical (unpaired) electrons. The van der Waals surface area contributed by atoms with Crippen molar-refractivity contribution in [3.05, 3.63) is 60.7 Å². The number of esters is 3. The van der Waals surface area contributed by atoms with E-state index < -0.39 is 59.3 Å². The van der Waals surface area contributed by atoms with E-state index in [9.17, 15) is 38.4 Å². The van der Waals surface area contributed by atoms with Gasteiger partial charge < -0.3 is 54.2 Å². The zero-order valence-corrected chi connectivity index (χ0v) is 40.2. The maximum atomic E-state index is 12.8. The largest absolute Gasteiger partial charge is 0.469 e. The monoisotopic (exact) mass is 932 g/mol. The van der Waals surface area contributed by atoms with E-state index in [0.29, 0.717) is 56.3 Å². The first-order chi connectivity index (χ1) is 31.3. The fourth-order valence-electron chi connectivity index (χ4n) is 6.58. The van der Waals surface area contributed by atoms with E-state index in [1.807, 2.05) is 13.8 Å². The Bertz CT molecular complexity index is 1620. The summed E-state index contributed by atoms with van der Waals surface area (Å²) in [6.45, 7) is 19.5. The summed E-state index contributed by atoms with van der Waals surface area (Å²) < 4.78 is 31.6. The number of nitrogens with zero attached hydrogens (tertiary/aromatic N) is 2. The summed E-state index contributed by atoms with van der Waals surface area (Å²) in [4.78, 5) is 102. The van der Waals surface area contributed by atoms with Crippen LogP contribution in [0.1, 0.15) is 110 Å². The Labute approximate surface area is 389 Å². The predicted molar refractivity (Wildman–Crippen MR) is 245 cm³/mol. The van der Waals surface area contributed by atoms with Gasteiger partial charge in [0, 0.05) is 26.2 Å². The minimum absolute atomic E-state index is 0.0103. The van der Waals surface area contributed by atoms with Crippen LogP contribution in [0.3, 0.4) is 0 Å². The van der Waals surface area contributed by atoms with Gasteiger partial charge in [-0.15, -0.1) is 0 Å². The smallest absolute Gasteiger partial charge is 0.408 e. The number of nitrogens with one attached hydrogen (secondary N) is 3. The van der Waals surface area contributed by atoms with Crippen LogP contribution in [-0.4, -0.2) is 131 Å². The lowest BCUT2D eigenvalue weighted by molar-refractivity contribution is -0.154. The molecule has 370 valence electrons. The lowest BCUT2D eigenvalue weighted by atomic mass is 9.92. The van der Waals surface area contributed by atoms with Crippen molar-refractivity contribution in [1.82, 2.24) is 25.8 Å². The SMILES string of the molecule is C=CC(=O)N(CCC)CCOC(=O)CC(CCCCNC(=O)OC(C)(C)c1ccc(C(C)(C)OC(=O)NCCCC[C@H](NC(=O)OCCN(CCC)C(=O)C=C)C(=O)OC)cc1)C(=O)OC. The highest BCUT2D eigenvalue weighted by Gasteiger charge is 2.30. The molecule has 0 saturated carbocycles. The van der Waals surface area contributed by atoms with Crippen molar-refractivity contribution < 1.29 is 66.8 Å². The summed E-state index contributed by atoms with van der Waals surface area (Å²) in [5.41, 5.74) is -0.692. The number of amides is 5. The highest BCUT2D eigenvalue weighted by atomic mass is 16.6. The number of unbranched alkanes of at least 4 members (excludes halogenated alkanes) is 2. The van der Waals surface area contributed by atoms with Crippen molar-refractivity contribution in [2.45, 2.75) is 117 Å². The van der Waals surface area contributed by atoms with E-state index in [0.717, 1.165) is 12.8 Å². The second kappa shape index (κ2) is 30.9. The summed E-state index contributed by atoms with van der Waals surface area (Å²) in [5.74, 6) is -3.03. The van der Waals surface area contributed by atoms with Crippen molar-refractivity contribution in [2.24, 2.45) is 5.92 Å². The maximum absolute atomic E-state index is 12.8. The molecule has 19 heteroatoms. The van der Waals surface area contributed by atoms with E-state index >= 15 is 0 Å². The lowest BCUT2D eigenvalue weighted by Gasteiger charge is -2.28. The number of carbonyl (C=O) groups excluding carboxylic acids is 8. The number of hydrogen-bond acceptors (Lipinski definition) is 14. The van der Waals surface area contributed by atoms with E-state index in [1.54, 1.807) is 52.0 Å². The van der Waals surface area contributed by atoms with Gasteiger partial charge in [0.25, 0.3) is 0 Å². The van der Waals surface area contributed by atoms with Gasteiger partial charge in [-0.05, 0) is 95.9 Å². The van der Waals surface area contributed by atoms with Crippen LogP contribution in [-0.2, 0) is 63.6 Å². The van der Waals surface area contributed by atoms with Gasteiger partial charge in [-0.2, -0.15) is 0 Å². The molecule has 0 fully saturated rings. The number of benzene rings is 1.